The van der Waals surface area contributed by atoms with E-state index in [9.17, 15) is 4.79 Å². The largest absolute Gasteiger partial charge is 0.490 e. The molecule has 108 valence electrons. The second-order valence-electron chi connectivity index (χ2n) is 4.69. The maximum Gasteiger partial charge on any atom is 0.265 e. The Bertz CT molecular complexity index is 657. The third kappa shape index (κ3) is 2.76. The monoisotopic (exact) mass is 284 g/mol. The molecule has 1 amide bonds. The summed E-state index contributed by atoms with van der Waals surface area (Å²) in [7, 11) is 0. The van der Waals surface area contributed by atoms with E-state index < -0.39 is 0 Å². The van der Waals surface area contributed by atoms with Crippen molar-refractivity contribution in [2.45, 2.75) is 0 Å². The molecule has 1 aliphatic rings. The van der Waals surface area contributed by atoms with Gasteiger partial charge in [-0.05, 0) is 24.3 Å². The molecule has 2 aromatic carbocycles. The van der Waals surface area contributed by atoms with Crippen LogP contribution in [-0.2, 0) is 4.79 Å². The molecule has 21 heavy (non-hydrogen) atoms. The zero-order valence-corrected chi connectivity index (χ0v) is 11.5. The number of hydrogen-bond acceptors (Lipinski definition) is 4. The van der Waals surface area contributed by atoms with Crippen LogP contribution in [0.25, 0.3) is 0 Å². The van der Waals surface area contributed by atoms with Crippen LogP contribution in [-0.4, -0.2) is 25.7 Å². The van der Waals surface area contributed by atoms with Crippen LogP contribution in [0, 0.1) is 0 Å². The van der Waals surface area contributed by atoms with Gasteiger partial charge in [0.25, 0.3) is 5.91 Å². The maximum atomic E-state index is 12.4. The van der Waals surface area contributed by atoms with Crippen molar-refractivity contribution >= 4 is 17.3 Å². The van der Waals surface area contributed by atoms with Crippen molar-refractivity contribution in [3.63, 3.8) is 0 Å². The summed E-state index contributed by atoms with van der Waals surface area (Å²) in [4.78, 5) is 14.0. The van der Waals surface area contributed by atoms with Gasteiger partial charge in [-0.2, -0.15) is 0 Å². The third-order valence-electron chi connectivity index (χ3n) is 3.30. The number of hydrogen-bond donors (Lipinski definition) is 1. The van der Waals surface area contributed by atoms with Crippen LogP contribution >= 0.6 is 0 Å². The van der Waals surface area contributed by atoms with E-state index in [0.717, 1.165) is 11.4 Å². The van der Waals surface area contributed by atoms with Gasteiger partial charge in [-0.25, -0.2) is 0 Å². The number of fused-ring (bicyclic) bond motifs is 1. The van der Waals surface area contributed by atoms with Gasteiger partial charge < -0.3 is 20.1 Å². The van der Waals surface area contributed by atoms with Gasteiger partial charge in [-0.3, -0.25) is 4.79 Å². The lowest BCUT2D eigenvalue weighted by Crippen LogP contribution is -2.40. The number of nitrogens with zero attached hydrogens (tertiary/aromatic N) is 1. The number of carbonyl (C=O) groups is 1. The molecule has 0 radical (unpaired) electrons. The SMILES string of the molecule is Nc1ccccc1OCC(=O)N1CCOc2ccccc21. The fraction of sp³-hybridized carbons (Fsp3) is 0.188. The zero-order chi connectivity index (χ0) is 14.7. The van der Waals surface area contributed by atoms with Gasteiger partial charge in [0.05, 0.1) is 17.9 Å². The molecule has 3 rings (SSSR count). The van der Waals surface area contributed by atoms with E-state index >= 15 is 0 Å². The van der Waals surface area contributed by atoms with Crippen LogP contribution in [0.15, 0.2) is 48.5 Å². The van der Waals surface area contributed by atoms with E-state index in [0.29, 0.717) is 24.6 Å². The number of ether oxygens (including phenoxy) is 2. The lowest BCUT2D eigenvalue weighted by atomic mass is 10.2. The highest BCUT2D eigenvalue weighted by Gasteiger charge is 2.23. The molecule has 0 aromatic heterocycles. The summed E-state index contributed by atoms with van der Waals surface area (Å²) in [6, 6.07) is 14.6. The van der Waals surface area contributed by atoms with E-state index in [-0.39, 0.29) is 12.5 Å². The highest BCUT2D eigenvalue weighted by molar-refractivity contribution is 5.96. The first-order chi connectivity index (χ1) is 10.3. The second-order valence-corrected chi connectivity index (χ2v) is 4.69. The molecule has 5 heteroatoms. The first-order valence-electron chi connectivity index (χ1n) is 6.75. The maximum absolute atomic E-state index is 12.4. The van der Waals surface area contributed by atoms with Crippen LogP contribution in [0.5, 0.6) is 11.5 Å². The molecule has 1 heterocycles. The Morgan fingerprint density at radius 1 is 1.19 bits per heavy atom. The molecule has 0 saturated carbocycles. The lowest BCUT2D eigenvalue weighted by Gasteiger charge is -2.29. The number of carbonyl (C=O) groups excluding carboxylic acids is 1. The standard InChI is InChI=1S/C16H16N2O3/c17-12-5-1-3-7-14(12)21-11-16(19)18-9-10-20-15-8-4-2-6-13(15)18/h1-8H,9-11,17H2. The first-order valence-corrected chi connectivity index (χ1v) is 6.75. The van der Waals surface area contributed by atoms with Crippen molar-refractivity contribution in [2.24, 2.45) is 0 Å². The molecule has 0 bridgehead atoms. The third-order valence-corrected chi connectivity index (χ3v) is 3.30. The Morgan fingerprint density at radius 3 is 2.81 bits per heavy atom. The Morgan fingerprint density at radius 2 is 1.95 bits per heavy atom. The molecule has 0 fully saturated rings. The summed E-state index contributed by atoms with van der Waals surface area (Å²) >= 11 is 0. The fourth-order valence-electron chi connectivity index (χ4n) is 2.26. The molecule has 0 atom stereocenters. The molecule has 0 saturated heterocycles. The quantitative estimate of drug-likeness (QED) is 0.876. The average Bonchev–Trinajstić information content (AvgIpc) is 2.53. The molecule has 2 aromatic rings. The van der Waals surface area contributed by atoms with Crippen LogP contribution in [0.1, 0.15) is 0 Å². The van der Waals surface area contributed by atoms with Gasteiger partial charge in [-0.15, -0.1) is 0 Å². The number of nitrogen functional groups attached to an aromatic ring is 1. The van der Waals surface area contributed by atoms with E-state index in [1.165, 1.54) is 0 Å². The van der Waals surface area contributed by atoms with Gasteiger partial charge in [0.15, 0.2) is 6.61 Å². The van der Waals surface area contributed by atoms with Gasteiger partial charge in [0, 0.05) is 0 Å². The molecular weight excluding hydrogens is 268 g/mol. The minimum absolute atomic E-state index is 0.0530. The van der Waals surface area contributed by atoms with Crippen molar-refractivity contribution < 1.29 is 14.3 Å². The van der Waals surface area contributed by atoms with Gasteiger partial charge in [0.1, 0.15) is 18.1 Å². The number of anilines is 2. The molecule has 0 spiro atoms. The molecule has 0 aliphatic carbocycles. The predicted molar refractivity (Wildman–Crippen MR) is 80.6 cm³/mol. The van der Waals surface area contributed by atoms with E-state index in [1.807, 2.05) is 36.4 Å². The predicted octanol–water partition coefficient (Wildman–Crippen LogP) is 2.07. The van der Waals surface area contributed by atoms with Gasteiger partial charge >= 0.3 is 0 Å². The number of rotatable bonds is 3. The second kappa shape index (κ2) is 5.75. The Labute approximate surface area is 122 Å². The molecule has 1 aliphatic heterocycles. The molecule has 0 unspecified atom stereocenters. The van der Waals surface area contributed by atoms with Gasteiger partial charge in [0.2, 0.25) is 0 Å². The van der Waals surface area contributed by atoms with Crippen molar-refractivity contribution in [3.05, 3.63) is 48.5 Å². The van der Waals surface area contributed by atoms with Crippen molar-refractivity contribution in [1.82, 2.24) is 0 Å². The van der Waals surface area contributed by atoms with Crippen LogP contribution in [0.4, 0.5) is 11.4 Å². The molecule has 2 N–H and O–H groups in total. The molecular formula is C16H16N2O3. The summed E-state index contributed by atoms with van der Waals surface area (Å²) in [5.41, 5.74) is 7.09. The Kier molecular flexibility index (Phi) is 3.64. The normalized spacial score (nSPS) is 13.2. The summed E-state index contributed by atoms with van der Waals surface area (Å²) < 4.78 is 11.0. The summed E-state index contributed by atoms with van der Waals surface area (Å²) in [6.45, 7) is 0.947. The topological polar surface area (TPSA) is 64.8 Å². The highest BCUT2D eigenvalue weighted by atomic mass is 16.5. The fourth-order valence-corrected chi connectivity index (χ4v) is 2.26. The van der Waals surface area contributed by atoms with Crippen LogP contribution < -0.4 is 20.1 Å². The van der Waals surface area contributed by atoms with Crippen molar-refractivity contribution in [1.29, 1.82) is 0 Å². The number of nitrogens with two attached hydrogens (primary N) is 1. The first kappa shape index (κ1) is 13.3. The summed E-state index contributed by atoms with van der Waals surface area (Å²) in [5.74, 6) is 1.12. The average molecular weight is 284 g/mol. The summed E-state index contributed by atoms with van der Waals surface area (Å²) in [5, 5.41) is 0. The highest BCUT2D eigenvalue weighted by Crippen LogP contribution is 2.31. The number of para-hydroxylation sites is 4. The lowest BCUT2D eigenvalue weighted by molar-refractivity contribution is -0.120. The molecule has 5 nitrogen and oxygen atoms in total. The Balaban J connectivity index is 1.71. The van der Waals surface area contributed by atoms with Gasteiger partial charge in [-0.1, -0.05) is 24.3 Å². The summed E-state index contributed by atoms with van der Waals surface area (Å²) in [6.07, 6.45) is 0. The minimum atomic E-state index is -0.117. The van der Waals surface area contributed by atoms with Crippen molar-refractivity contribution in [3.8, 4) is 11.5 Å². The number of benzene rings is 2. The van der Waals surface area contributed by atoms with Crippen LogP contribution in [0.2, 0.25) is 0 Å². The van der Waals surface area contributed by atoms with Crippen LogP contribution in [0.3, 0.4) is 0 Å². The van der Waals surface area contributed by atoms with E-state index in [2.05, 4.69) is 0 Å². The minimum Gasteiger partial charge on any atom is -0.490 e. The number of amides is 1. The van der Waals surface area contributed by atoms with E-state index in [1.54, 1.807) is 17.0 Å². The smallest absolute Gasteiger partial charge is 0.265 e. The van der Waals surface area contributed by atoms with E-state index in [4.69, 9.17) is 15.2 Å². The Hall–Kier alpha value is -2.69. The zero-order valence-electron chi connectivity index (χ0n) is 11.5. The van der Waals surface area contributed by atoms with Crippen molar-refractivity contribution in [2.75, 3.05) is 30.4 Å².